The molecule has 7 nitrogen and oxygen atoms in total. The van der Waals surface area contributed by atoms with Gasteiger partial charge in [0.1, 0.15) is 5.82 Å². The molecule has 0 aliphatic carbocycles. The maximum Gasteiger partial charge on any atom is 0.227 e. The lowest BCUT2D eigenvalue weighted by Crippen LogP contribution is -2.48. The summed E-state index contributed by atoms with van der Waals surface area (Å²) in [7, 11) is 0. The molecule has 144 valence electrons. The standard InChI is InChI=1S/C20H20FN5O2/c21-16-3-5-17(6-4-16)25-10-12-26(13-11-25)19(27)8-7-18-23-20(24-28-18)15-2-1-9-22-14-15/h1-6,9,14H,7-8,10-13H2. The molecular formula is C20H20FN5O2. The molecule has 4 rings (SSSR count). The third-order valence-corrected chi connectivity index (χ3v) is 4.76. The van der Waals surface area contributed by atoms with Crippen LogP contribution in [0.25, 0.3) is 11.4 Å². The predicted molar refractivity (Wildman–Crippen MR) is 101 cm³/mol. The minimum absolute atomic E-state index is 0.0693. The van der Waals surface area contributed by atoms with Crippen LogP contribution in [0.4, 0.5) is 10.1 Å². The van der Waals surface area contributed by atoms with Crippen LogP contribution in [0.3, 0.4) is 0 Å². The Labute approximate surface area is 161 Å². The molecule has 0 bridgehead atoms. The van der Waals surface area contributed by atoms with E-state index in [1.807, 2.05) is 11.0 Å². The zero-order valence-electron chi connectivity index (χ0n) is 15.3. The summed E-state index contributed by atoms with van der Waals surface area (Å²) >= 11 is 0. The maximum atomic E-state index is 13.1. The van der Waals surface area contributed by atoms with E-state index in [4.69, 9.17) is 4.52 Å². The van der Waals surface area contributed by atoms with Gasteiger partial charge in [0.25, 0.3) is 0 Å². The first-order valence-electron chi connectivity index (χ1n) is 9.20. The summed E-state index contributed by atoms with van der Waals surface area (Å²) in [5.41, 5.74) is 1.75. The van der Waals surface area contributed by atoms with Crippen molar-refractivity contribution in [1.82, 2.24) is 20.0 Å². The molecule has 0 spiro atoms. The van der Waals surface area contributed by atoms with Crippen LogP contribution >= 0.6 is 0 Å². The summed E-state index contributed by atoms with van der Waals surface area (Å²) < 4.78 is 18.3. The van der Waals surface area contributed by atoms with Crippen molar-refractivity contribution in [2.45, 2.75) is 12.8 Å². The summed E-state index contributed by atoms with van der Waals surface area (Å²) in [6.45, 7) is 2.73. The van der Waals surface area contributed by atoms with Gasteiger partial charge in [0.15, 0.2) is 0 Å². The fraction of sp³-hybridized carbons (Fsp3) is 0.300. The second kappa shape index (κ2) is 8.16. The number of carbonyl (C=O) groups is 1. The summed E-state index contributed by atoms with van der Waals surface area (Å²) in [5.74, 6) is 0.741. The van der Waals surface area contributed by atoms with E-state index < -0.39 is 0 Å². The van der Waals surface area contributed by atoms with Gasteiger partial charge in [-0.3, -0.25) is 9.78 Å². The van der Waals surface area contributed by atoms with Crippen molar-refractivity contribution in [3.63, 3.8) is 0 Å². The number of nitrogens with zero attached hydrogens (tertiary/aromatic N) is 5. The highest BCUT2D eigenvalue weighted by molar-refractivity contribution is 5.76. The fourth-order valence-corrected chi connectivity index (χ4v) is 3.21. The highest BCUT2D eigenvalue weighted by Crippen LogP contribution is 2.18. The molecule has 28 heavy (non-hydrogen) atoms. The van der Waals surface area contributed by atoms with Gasteiger partial charge in [-0.2, -0.15) is 4.98 Å². The third kappa shape index (κ3) is 4.16. The molecule has 0 N–H and O–H groups in total. The van der Waals surface area contributed by atoms with Gasteiger partial charge in [0, 0.05) is 62.7 Å². The van der Waals surface area contributed by atoms with Gasteiger partial charge >= 0.3 is 0 Å². The topological polar surface area (TPSA) is 75.4 Å². The van der Waals surface area contributed by atoms with E-state index in [0.717, 1.165) is 24.3 Å². The van der Waals surface area contributed by atoms with E-state index in [0.29, 0.717) is 37.6 Å². The van der Waals surface area contributed by atoms with Crippen molar-refractivity contribution < 1.29 is 13.7 Å². The number of pyridine rings is 1. The Balaban J connectivity index is 1.27. The monoisotopic (exact) mass is 381 g/mol. The molecule has 3 aromatic rings. The third-order valence-electron chi connectivity index (χ3n) is 4.76. The van der Waals surface area contributed by atoms with E-state index >= 15 is 0 Å². The molecule has 0 radical (unpaired) electrons. The van der Waals surface area contributed by atoms with Gasteiger partial charge in [-0.1, -0.05) is 5.16 Å². The fourth-order valence-electron chi connectivity index (χ4n) is 3.21. The minimum atomic E-state index is -0.245. The Kier molecular flexibility index (Phi) is 5.27. The maximum absolute atomic E-state index is 13.1. The van der Waals surface area contributed by atoms with Crippen molar-refractivity contribution in [2.24, 2.45) is 0 Å². The van der Waals surface area contributed by atoms with Gasteiger partial charge in [0.05, 0.1) is 0 Å². The van der Waals surface area contributed by atoms with Crippen LogP contribution in [-0.4, -0.2) is 52.1 Å². The highest BCUT2D eigenvalue weighted by atomic mass is 19.1. The summed E-state index contributed by atoms with van der Waals surface area (Å²) in [6.07, 6.45) is 4.08. The molecular weight excluding hydrogens is 361 g/mol. The molecule has 1 amide bonds. The first-order chi connectivity index (χ1) is 13.7. The van der Waals surface area contributed by atoms with Gasteiger partial charge in [-0.05, 0) is 36.4 Å². The first kappa shape index (κ1) is 18.1. The van der Waals surface area contributed by atoms with Crippen molar-refractivity contribution in [3.8, 4) is 11.4 Å². The number of halogens is 1. The van der Waals surface area contributed by atoms with Crippen molar-refractivity contribution in [3.05, 3.63) is 60.5 Å². The number of aromatic nitrogens is 3. The summed E-state index contributed by atoms with van der Waals surface area (Å²) in [6, 6.07) is 10.1. The number of hydrogen-bond acceptors (Lipinski definition) is 6. The quantitative estimate of drug-likeness (QED) is 0.676. The van der Waals surface area contributed by atoms with Gasteiger partial charge < -0.3 is 14.3 Å². The van der Waals surface area contributed by atoms with Crippen LogP contribution in [-0.2, 0) is 11.2 Å². The zero-order valence-corrected chi connectivity index (χ0v) is 15.3. The van der Waals surface area contributed by atoms with E-state index in [-0.39, 0.29) is 11.7 Å². The van der Waals surface area contributed by atoms with Crippen molar-refractivity contribution in [1.29, 1.82) is 0 Å². The Bertz CT molecular complexity index is 921. The van der Waals surface area contributed by atoms with Crippen LogP contribution in [0.15, 0.2) is 53.3 Å². The molecule has 1 fully saturated rings. The number of hydrogen-bond donors (Lipinski definition) is 0. The second-order valence-corrected chi connectivity index (χ2v) is 6.60. The number of carbonyl (C=O) groups excluding carboxylic acids is 1. The largest absolute Gasteiger partial charge is 0.368 e. The average molecular weight is 381 g/mol. The number of benzene rings is 1. The van der Waals surface area contributed by atoms with Crippen molar-refractivity contribution in [2.75, 3.05) is 31.1 Å². The van der Waals surface area contributed by atoms with Gasteiger partial charge in [-0.25, -0.2) is 4.39 Å². The van der Waals surface area contributed by atoms with Gasteiger partial charge in [0.2, 0.25) is 17.6 Å². The van der Waals surface area contributed by atoms with E-state index in [1.54, 1.807) is 30.6 Å². The molecule has 2 aromatic heterocycles. The number of anilines is 1. The van der Waals surface area contributed by atoms with Crippen LogP contribution in [0.5, 0.6) is 0 Å². The normalized spacial score (nSPS) is 14.3. The second-order valence-electron chi connectivity index (χ2n) is 6.60. The Hall–Kier alpha value is -3.29. The molecule has 1 aromatic carbocycles. The lowest BCUT2D eigenvalue weighted by molar-refractivity contribution is -0.131. The Morgan fingerprint density at radius 1 is 1.11 bits per heavy atom. The predicted octanol–water partition coefficient (Wildman–Crippen LogP) is 2.55. The van der Waals surface area contributed by atoms with Crippen LogP contribution in [0.2, 0.25) is 0 Å². The highest BCUT2D eigenvalue weighted by Gasteiger charge is 2.22. The van der Waals surface area contributed by atoms with E-state index in [2.05, 4.69) is 20.0 Å². The smallest absolute Gasteiger partial charge is 0.227 e. The number of piperazine rings is 1. The van der Waals surface area contributed by atoms with Crippen LogP contribution in [0, 0.1) is 5.82 Å². The van der Waals surface area contributed by atoms with Crippen molar-refractivity contribution >= 4 is 11.6 Å². The molecule has 8 heteroatoms. The molecule has 1 saturated heterocycles. The average Bonchev–Trinajstić information content (AvgIpc) is 3.22. The van der Waals surface area contributed by atoms with E-state index in [9.17, 15) is 9.18 Å². The Morgan fingerprint density at radius 3 is 2.61 bits per heavy atom. The summed E-state index contributed by atoms with van der Waals surface area (Å²) in [5, 5.41) is 3.94. The zero-order chi connectivity index (χ0) is 19.3. The molecule has 0 atom stereocenters. The van der Waals surface area contributed by atoms with Crippen LogP contribution < -0.4 is 4.90 Å². The molecule has 0 saturated carbocycles. The van der Waals surface area contributed by atoms with E-state index in [1.165, 1.54) is 12.1 Å². The first-order valence-corrected chi connectivity index (χ1v) is 9.20. The lowest BCUT2D eigenvalue weighted by atomic mass is 10.2. The SMILES string of the molecule is O=C(CCc1nc(-c2cccnc2)no1)N1CCN(c2ccc(F)cc2)CC1. The van der Waals surface area contributed by atoms with Crippen LogP contribution in [0.1, 0.15) is 12.3 Å². The molecule has 1 aliphatic rings. The molecule has 1 aliphatic heterocycles. The molecule has 3 heterocycles. The number of rotatable bonds is 5. The minimum Gasteiger partial charge on any atom is -0.368 e. The summed E-state index contributed by atoms with van der Waals surface area (Å²) in [4.78, 5) is 24.9. The number of aryl methyl sites for hydroxylation is 1. The number of amides is 1. The van der Waals surface area contributed by atoms with Gasteiger partial charge in [-0.15, -0.1) is 0 Å². The Morgan fingerprint density at radius 2 is 1.89 bits per heavy atom. The molecule has 0 unspecified atom stereocenters. The lowest BCUT2D eigenvalue weighted by Gasteiger charge is -2.36.